The first-order chi connectivity index (χ1) is 14.6. The number of amidine groups is 1. The van der Waals surface area contributed by atoms with E-state index in [9.17, 15) is 14.9 Å². The summed E-state index contributed by atoms with van der Waals surface area (Å²) in [6.07, 6.45) is 2.37. The molecule has 1 fully saturated rings. The van der Waals surface area contributed by atoms with Gasteiger partial charge in [-0.3, -0.25) is 9.59 Å². The Labute approximate surface area is 184 Å². The van der Waals surface area contributed by atoms with E-state index in [0.29, 0.717) is 49.3 Å². The number of amides is 2. The van der Waals surface area contributed by atoms with Crippen LogP contribution in [0.15, 0.2) is 29.3 Å². The second kappa shape index (κ2) is 8.43. The second-order valence-electron chi connectivity index (χ2n) is 9.96. The van der Waals surface area contributed by atoms with Gasteiger partial charge in [0, 0.05) is 5.56 Å². The zero-order chi connectivity index (χ0) is 22.9. The summed E-state index contributed by atoms with van der Waals surface area (Å²) < 4.78 is 0. The molecule has 2 amide bonds. The monoisotopic (exact) mass is 423 g/mol. The van der Waals surface area contributed by atoms with E-state index in [1.54, 1.807) is 18.2 Å². The zero-order valence-corrected chi connectivity index (χ0v) is 19.0. The van der Waals surface area contributed by atoms with Crippen LogP contribution in [0.1, 0.15) is 69.3 Å². The first-order valence-electron chi connectivity index (χ1n) is 11.0. The molecule has 0 saturated carbocycles. The van der Waals surface area contributed by atoms with Crippen LogP contribution in [-0.4, -0.2) is 47.7 Å². The minimum Gasteiger partial charge on any atom is -0.368 e. The lowest BCUT2D eigenvalue weighted by Crippen LogP contribution is -2.61. The number of piperidine rings is 1. The smallest absolute Gasteiger partial charge is 0.257 e. The molecule has 0 aliphatic carbocycles. The highest BCUT2D eigenvalue weighted by Gasteiger charge is 2.59. The summed E-state index contributed by atoms with van der Waals surface area (Å²) >= 11 is 0. The average molecular weight is 424 g/mol. The second-order valence-corrected chi connectivity index (χ2v) is 9.96. The van der Waals surface area contributed by atoms with E-state index in [1.165, 1.54) is 0 Å². The molecular weight excluding hydrogens is 390 g/mol. The third-order valence-electron chi connectivity index (χ3n) is 6.41. The highest BCUT2D eigenvalue weighted by atomic mass is 16.2. The molecule has 1 aromatic carbocycles. The van der Waals surface area contributed by atoms with Crippen molar-refractivity contribution in [3.8, 4) is 6.07 Å². The van der Waals surface area contributed by atoms with Crippen LogP contribution in [0, 0.1) is 22.2 Å². The Balaban J connectivity index is 2.16. The van der Waals surface area contributed by atoms with Crippen molar-refractivity contribution in [2.75, 3.05) is 19.6 Å². The number of nitriles is 1. The van der Waals surface area contributed by atoms with Gasteiger partial charge >= 0.3 is 0 Å². The molecule has 0 bridgehead atoms. The van der Waals surface area contributed by atoms with Gasteiger partial charge in [-0.1, -0.05) is 45.9 Å². The number of carbonyl (C=O) groups excluding carboxylic acids is 2. The summed E-state index contributed by atoms with van der Waals surface area (Å²) in [6.45, 7) is 10.6. The minimum atomic E-state index is -1.45. The van der Waals surface area contributed by atoms with Crippen molar-refractivity contribution in [2.45, 2.75) is 58.9 Å². The lowest BCUT2D eigenvalue weighted by molar-refractivity contribution is -0.129. The number of fused-ring (bicyclic) bond motifs is 1. The molecule has 166 valence electrons. The number of hydrogen-bond donors (Lipinski definition) is 2. The molecular formula is C24H33N5O2. The van der Waals surface area contributed by atoms with Gasteiger partial charge in [0.25, 0.3) is 5.91 Å². The van der Waals surface area contributed by atoms with Gasteiger partial charge in [-0.05, 0) is 56.8 Å². The number of likely N-dealkylation sites (tertiary alicyclic amines) is 1. The van der Waals surface area contributed by atoms with Gasteiger partial charge in [-0.2, -0.15) is 5.26 Å². The third kappa shape index (κ3) is 4.22. The maximum Gasteiger partial charge on any atom is 0.257 e. The van der Waals surface area contributed by atoms with Crippen molar-refractivity contribution in [3.05, 3.63) is 35.4 Å². The van der Waals surface area contributed by atoms with Crippen molar-refractivity contribution in [1.29, 1.82) is 5.26 Å². The van der Waals surface area contributed by atoms with E-state index in [-0.39, 0.29) is 11.3 Å². The molecule has 1 unspecified atom stereocenters. The van der Waals surface area contributed by atoms with Gasteiger partial charge in [-0.15, -0.1) is 0 Å². The van der Waals surface area contributed by atoms with Crippen LogP contribution in [0.25, 0.3) is 0 Å². The summed E-state index contributed by atoms with van der Waals surface area (Å²) in [5.74, 6) is -0.541. The number of nitrogens with one attached hydrogen (secondary N) is 1. The Kier molecular flexibility index (Phi) is 6.24. The Hall–Kier alpha value is -2.72. The lowest BCUT2D eigenvalue weighted by atomic mass is 9.59. The molecule has 7 nitrogen and oxygen atoms in total. The van der Waals surface area contributed by atoms with Crippen LogP contribution < -0.4 is 11.1 Å². The summed E-state index contributed by atoms with van der Waals surface area (Å²) in [5, 5.41) is 13.2. The summed E-state index contributed by atoms with van der Waals surface area (Å²) in [5.41, 5.74) is 4.43. The van der Waals surface area contributed by atoms with E-state index >= 15 is 0 Å². The first-order valence-corrected chi connectivity index (χ1v) is 11.0. The Morgan fingerprint density at radius 2 is 1.87 bits per heavy atom. The molecule has 0 spiro atoms. The Morgan fingerprint density at radius 1 is 1.26 bits per heavy atom. The van der Waals surface area contributed by atoms with Crippen molar-refractivity contribution >= 4 is 17.6 Å². The van der Waals surface area contributed by atoms with Crippen molar-refractivity contribution in [1.82, 2.24) is 10.2 Å². The topological polar surface area (TPSA) is 112 Å². The third-order valence-corrected chi connectivity index (χ3v) is 6.41. The molecule has 1 aromatic rings. The number of rotatable bonds is 6. The molecule has 1 atom stereocenters. The van der Waals surface area contributed by atoms with Gasteiger partial charge in [0.15, 0.2) is 5.54 Å². The normalized spacial score (nSPS) is 21.8. The predicted octanol–water partition coefficient (Wildman–Crippen LogP) is 2.85. The molecule has 7 heteroatoms. The maximum absolute atomic E-state index is 13.2. The summed E-state index contributed by atoms with van der Waals surface area (Å²) in [6, 6.07) is 9.64. The number of primary amides is 1. The van der Waals surface area contributed by atoms with E-state index in [0.717, 1.165) is 13.0 Å². The highest BCUT2D eigenvalue weighted by molar-refractivity contribution is 6.23. The van der Waals surface area contributed by atoms with E-state index < -0.39 is 16.9 Å². The predicted molar refractivity (Wildman–Crippen MR) is 120 cm³/mol. The number of aliphatic imine (C=N–C) groups is 1. The number of hydrogen-bond acceptors (Lipinski definition) is 5. The van der Waals surface area contributed by atoms with Crippen LogP contribution in [-0.2, 0) is 4.79 Å². The standard InChI is InChI=1S/C24H33N5O2/c1-5-12-29-13-10-23(16-25,11-14-29)24(21(26)31,15-22(2,3)4)28-19-17-8-6-7-9-18(17)20(30)27-19/h6-9H,5,10-15H2,1-4H3,(H2,26,31)(H,27,28,30). The van der Waals surface area contributed by atoms with Gasteiger partial charge in [0.1, 0.15) is 5.84 Å². The number of nitrogens with two attached hydrogens (primary N) is 1. The van der Waals surface area contributed by atoms with Crippen LogP contribution in [0.4, 0.5) is 0 Å². The van der Waals surface area contributed by atoms with Crippen LogP contribution >= 0.6 is 0 Å². The lowest BCUT2D eigenvalue weighted by Gasteiger charge is -2.48. The SMILES string of the molecule is CCCN1CCC(C#N)(C(CC(C)(C)C)(N=C2NC(=O)c3ccccc32)C(N)=O)CC1. The highest BCUT2D eigenvalue weighted by Crippen LogP contribution is 2.49. The zero-order valence-electron chi connectivity index (χ0n) is 19.0. The molecule has 2 aliphatic rings. The fourth-order valence-corrected chi connectivity index (χ4v) is 4.96. The Morgan fingerprint density at radius 3 is 2.39 bits per heavy atom. The molecule has 3 N–H and O–H groups in total. The van der Waals surface area contributed by atoms with E-state index in [4.69, 9.17) is 10.7 Å². The number of carbonyl (C=O) groups is 2. The largest absolute Gasteiger partial charge is 0.368 e. The molecule has 3 rings (SSSR count). The van der Waals surface area contributed by atoms with Gasteiger partial charge in [-0.25, -0.2) is 4.99 Å². The summed E-state index contributed by atoms with van der Waals surface area (Å²) in [7, 11) is 0. The average Bonchev–Trinajstić information content (AvgIpc) is 3.03. The van der Waals surface area contributed by atoms with Crippen molar-refractivity contribution in [2.24, 2.45) is 21.6 Å². The molecule has 0 aromatic heterocycles. The molecule has 31 heavy (non-hydrogen) atoms. The molecule has 0 radical (unpaired) electrons. The van der Waals surface area contributed by atoms with Gasteiger partial charge < -0.3 is 16.0 Å². The van der Waals surface area contributed by atoms with Crippen molar-refractivity contribution in [3.63, 3.8) is 0 Å². The van der Waals surface area contributed by atoms with Gasteiger partial charge in [0.2, 0.25) is 5.91 Å². The van der Waals surface area contributed by atoms with Crippen LogP contribution in [0.5, 0.6) is 0 Å². The van der Waals surface area contributed by atoms with Crippen LogP contribution in [0.3, 0.4) is 0 Å². The van der Waals surface area contributed by atoms with Gasteiger partial charge in [0.05, 0.1) is 17.0 Å². The quantitative estimate of drug-likeness (QED) is 0.733. The number of nitrogens with zero attached hydrogens (tertiary/aromatic N) is 3. The number of benzene rings is 1. The van der Waals surface area contributed by atoms with E-state index in [1.807, 2.05) is 26.8 Å². The van der Waals surface area contributed by atoms with Crippen LogP contribution in [0.2, 0.25) is 0 Å². The molecule has 2 aliphatic heterocycles. The molecule has 2 heterocycles. The molecule has 1 saturated heterocycles. The Bertz CT molecular complexity index is 932. The first kappa shape index (κ1) is 23.0. The van der Waals surface area contributed by atoms with Crippen molar-refractivity contribution < 1.29 is 9.59 Å². The fourth-order valence-electron chi connectivity index (χ4n) is 4.96. The van der Waals surface area contributed by atoms with E-state index in [2.05, 4.69) is 23.2 Å². The fraction of sp³-hybridized carbons (Fsp3) is 0.583. The maximum atomic E-state index is 13.2. The summed E-state index contributed by atoms with van der Waals surface area (Å²) in [4.78, 5) is 32.9. The minimum absolute atomic E-state index is 0.257.